The first kappa shape index (κ1) is 34.5. The molecule has 2 rings (SSSR count). The lowest BCUT2D eigenvalue weighted by Gasteiger charge is -2.36. The van der Waals surface area contributed by atoms with E-state index in [1.807, 2.05) is 13.8 Å². The first-order valence-corrected chi connectivity index (χ1v) is 14.9. The molecule has 0 saturated carbocycles. The van der Waals surface area contributed by atoms with Crippen LogP contribution in [-0.2, 0) is 14.3 Å². The molecule has 3 amide bonds. The molecule has 0 aromatic heterocycles. The third-order valence-electron chi connectivity index (χ3n) is 7.14. The van der Waals surface area contributed by atoms with Crippen molar-refractivity contribution in [1.29, 1.82) is 0 Å². The van der Waals surface area contributed by atoms with Crippen LogP contribution in [0.4, 0.5) is 10.5 Å². The van der Waals surface area contributed by atoms with Crippen LogP contribution in [0.1, 0.15) is 90.8 Å². The van der Waals surface area contributed by atoms with E-state index in [-0.39, 0.29) is 17.6 Å². The molecule has 0 saturated heterocycles. The molecule has 0 radical (unpaired) electrons. The Labute approximate surface area is 251 Å². The summed E-state index contributed by atoms with van der Waals surface area (Å²) in [6.45, 7) is 13.3. The lowest BCUT2D eigenvalue weighted by Crippen LogP contribution is -2.55. The van der Waals surface area contributed by atoms with E-state index in [1.165, 1.54) is 6.07 Å². The fourth-order valence-corrected chi connectivity index (χ4v) is 4.58. The minimum Gasteiger partial charge on any atom is -0.508 e. The minimum absolute atomic E-state index is 0.0953. The first-order chi connectivity index (χ1) is 19.8. The molecule has 232 valence electrons. The Morgan fingerprint density at radius 3 is 2.21 bits per heavy atom. The topological polar surface area (TPSA) is 117 Å². The zero-order valence-electron chi connectivity index (χ0n) is 26.5. The molecule has 0 spiro atoms. The van der Waals surface area contributed by atoms with Crippen LogP contribution < -0.4 is 15.4 Å². The van der Waals surface area contributed by atoms with Crippen LogP contribution in [0.3, 0.4) is 0 Å². The number of nitrogens with one attached hydrogen (secondary N) is 2. The van der Waals surface area contributed by atoms with Gasteiger partial charge in [0.25, 0.3) is 5.91 Å². The van der Waals surface area contributed by atoms with Gasteiger partial charge in [-0.15, -0.1) is 0 Å². The Morgan fingerprint density at radius 1 is 1.00 bits per heavy atom. The SMILES string of the molecule is CCCCCCN(C(=O)C(NC(=O)OC(C)(C)C)C(C)CC)C(C(=O)Nc1ccc(OC)cc1)c1ccc(O)c(C)c1. The minimum atomic E-state index is -1.02. The van der Waals surface area contributed by atoms with Gasteiger partial charge in [-0.2, -0.15) is 0 Å². The number of nitrogens with zero attached hydrogens (tertiary/aromatic N) is 1. The molecule has 2 aromatic carbocycles. The predicted molar refractivity (Wildman–Crippen MR) is 166 cm³/mol. The van der Waals surface area contributed by atoms with E-state index in [9.17, 15) is 19.5 Å². The summed E-state index contributed by atoms with van der Waals surface area (Å²) in [7, 11) is 1.57. The molecular weight excluding hydrogens is 534 g/mol. The summed E-state index contributed by atoms with van der Waals surface area (Å²) in [5.74, 6) is -0.259. The van der Waals surface area contributed by atoms with Gasteiger partial charge >= 0.3 is 6.09 Å². The standard InChI is InChI=1S/C33H49N3O6/c1-9-11-12-13-20-36(31(39)28(22(3)10-2)35-32(40)42-33(5,6)7)29(24-14-19-27(37)23(4)21-24)30(38)34-25-15-17-26(41-8)18-16-25/h14-19,21-22,28-29,37H,9-13,20H2,1-8H3,(H,34,38)(H,35,40). The highest BCUT2D eigenvalue weighted by Crippen LogP contribution is 2.30. The Kier molecular flexibility index (Phi) is 13.2. The fraction of sp³-hybridized carbons (Fsp3) is 0.545. The lowest BCUT2D eigenvalue weighted by molar-refractivity contribution is -0.142. The highest BCUT2D eigenvalue weighted by Gasteiger charge is 2.38. The van der Waals surface area contributed by atoms with E-state index in [0.717, 1.165) is 19.3 Å². The Morgan fingerprint density at radius 2 is 1.67 bits per heavy atom. The van der Waals surface area contributed by atoms with Gasteiger partial charge in [-0.05, 0) is 87.6 Å². The summed E-state index contributed by atoms with van der Waals surface area (Å²) >= 11 is 0. The van der Waals surface area contributed by atoms with Crippen molar-refractivity contribution >= 4 is 23.6 Å². The molecular formula is C33H49N3O6. The molecule has 42 heavy (non-hydrogen) atoms. The van der Waals surface area contributed by atoms with E-state index in [4.69, 9.17) is 9.47 Å². The number of phenolic OH excluding ortho intramolecular Hbond substituents is 1. The van der Waals surface area contributed by atoms with Crippen molar-refractivity contribution in [1.82, 2.24) is 10.2 Å². The second-order valence-electron chi connectivity index (χ2n) is 11.8. The normalized spacial score (nSPS) is 13.4. The van der Waals surface area contributed by atoms with Crippen LogP contribution in [0.25, 0.3) is 0 Å². The number of hydrogen-bond donors (Lipinski definition) is 3. The number of carbonyl (C=O) groups excluding carboxylic acids is 3. The number of rotatable bonds is 14. The molecule has 9 heteroatoms. The van der Waals surface area contributed by atoms with Gasteiger partial charge in [-0.3, -0.25) is 9.59 Å². The summed E-state index contributed by atoms with van der Waals surface area (Å²) in [5.41, 5.74) is 0.945. The van der Waals surface area contributed by atoms with E-state index >= 15 is 0 Å². The van der Waals surface area contributed by atoms with Crippen LogP contribution in [0.5, 0.6) is 11.5 Å². The molecule has 0 aliphatic heterocycles. The number of alkyl carbamates (subject to hydrolysis) is 1. The van der Waals surface area contributed by atoms with Crippen molar-refractivity contribution in [3.8, 4) is 11.5 Å². The number of methoxy groups -OCH3 is 1. The van der Waals surface area contributed by atoms with Gasteiger partial charge in [0, 0.05) is 12.2 Å². The van der Waals surface area contributed by atoms with Crippen molar-refractivity contribution in [2.45, 2.75) is 98.3 Å². The Hall–Kier alpha value is -3.75. The zero-order valence-corrected chi connectivity index (χ0v) is 26.5. The zero-order chi connectivity index (χ0) is 31.4. The van der Waals surface area contributed by atoms with Gasteiger partial charge in [0.05, 0.1) is 7.11 Å². The lowest BCUT2D eigenvalue weighted by atomic mass is 9.95. The second-order valence-corrected chi connectivity index (χ2v) is 11.8. The quantitative estimate of drug-likeness (QED) is 0.212. The van der Waals surface area contributed by atoms with Crippen LogP contribution in [-0.4, -0.2) is 53.2 Å². The van der Waals surface area contributed by atoms with E-state index in [2.05, 4.69) is 17.6 Å². The summed E-state index contributed by atoms with van der Waals surface area (Å²) in [6, 6.07) is 9.93. The Bertz CT molecular complexity index is 1180. The highest BCUT2D eigenvalue weighted by molar-refractivity contribution is 5.99. The molecule has 3 atom stereocenters. The molecule has 0 fully saturated rings. The number of aryl methyl sites for hydroxylation is 1. The van der Waals surface area contributed by atoms with Gasteiger partial charge in [0.1, 0.15) is 29.2 Å². The number of ether oxygens (including phenoxy) is 2. The highest BCUT2D eigenvalue weighted by atomic mass is 16.6. The molecule has 2 aromatic rings. The van der Waals surface area contributed by atoms with Crippen molar-refractivity contribution in [3.63, 3.8) is 0 Å². The monoisotopic (exact) mass is 583 g/mol. The van der Waals surface area contributed by atoms with Crippen molar-refractivity contribution < 1.29 is 29.0 Å². The maximum absolute atomic E-state index is 14.4. The smallest absolute Gasteiger partial charge is 0.408 e. The van der Waals surface area contributed by atoms with Crippen LogP contribution in [0.15, 0.2) is 42.5 Å². The van der Waals surface area contributed by atoms with Crippen LogP contribution in [0, 0.1) is 12.8 Å². The summed E-state index contributed by atoms with van der Waals surface area (Å²) in [6.07, 6.45) is 3.51. The number of benzene rings is 2. The third kappa shape index (κ3) is 10.3. The summed E-state index contributed by atoms with van der Waals surface area (Å²) in [5, 5.41) is 16.0. The molecule has 0 aliphatic rings. The number of hydrogen-bond acceptors (Lipinski definition) is 6. The van der Waals surface area contributed by atoms with Crippen LogP contribution in [0.2, 0.25) is 0 Å². The average Bonchev–Trinajstić information content (AvgIpc) is 2.93. The number of aromatic hydroxyl groups is 1. The summed E-state index contributed by atoms with van der Waals surface area (Å²) in [4.78, 5) is 42.9. The third-order valence-corrected chi connectivity index (χ3v) is 7.14. The van der Waals surface area contributed by atoms with Crippen molar-refractivity contribution in [2.75, 3.05) is 19.0 Å². The number of amides is 3. The maximum atomic E-state index is 14.4. The van der Waals surface area contributed by atoms with Gasteiger partial charge in [-0.1, -0.05) is 52.5 Å². The first-order valence-electron chi connectivity index (χ1n) is 14.9. The summed E-state index contributed by atoms with van der Waals surface area (Å²) < 4.78 is 10.7. The molecule has 0 bridgehead atoms. The molecule has 3 unspecified atom stereocenters. The van der Waals surface area contributed by atoms with E-state index in [0.29, 0.717) is 42.0 Å². The van der Waals surface area contributed by atoms with E-state index in [1.54, 1.807) is 76.1 Å². The predicted octanol–water partition coefficient (Wildman–Crippen LogP) is 6.74. The largest absolute Gasteiger partial charge is 0.508 e. The molecule has 0 aliphatic carbocycles. The van der Waals surface area contributed by atoms with Crippen molar-refractivity contribution in [2.24, 2.45) is 5.92 Å². The second kappa shape index (κ2) is 16.0. The van der Waals surface area contributed by atoms with Gasteiger partial charge < -0.3 is 30.1 Å². The van der Waals surface area contributed by atoms with Gasteiger partial charge in [-0.25, -0.2) is 4.79 Å². The van der Waals surface area contributed by atoms with E-state index < -0.39 is 29.7 Å². The van der Waals surface area contributed by atoms with Gasteiger partial charge in [0.2, 0.25) is 5.91 Å². The molecule has 9 nitrogen and oxygen atoms in total. The molecule has 3 N–H and O–H groups in total. The maximum Gasteiger partial charge on any atom is 0.408 e. The van der Waals surface area contributed by atoms with Crippen molar-refractivity contribution in [3.05, 3.63) is 53.6 Å². The molecule has 0 heterocycles. The Balaban J connectivity index is 2.58. The fourth-order valence-electron chi connectivity index (χ4n) is 4.58. The van der Waals surface area contributed by atoms with Gasteiger partial charge in [0.15, 0.2) is 0 Å². The average molecular weight is 584 g/mol. The van der Waals surface area contributed by atoms with Crippen LogP contribution >= 0.6 is 0 Å². The number of phenols is 1. The number of carbonyl (C=O) groups is 3. The number of unbranched alkanes of at least 4 members (excludes halogenated alkanes) is 3. The number of anilines is 1.